The number of nitrogens with one attached hydrogen (secondary N) is 1. The van der Waals surface area contributed by atoms with Crippen LogP contribution in [-0.4, -0.2) is 34.8 Å². The van der Waals surface area contributed by atoms with Gasteiger partial charge in [0.2, 0.25) is 5.91 Å². The number of nitrogens with two attached hydrogens (primary N) is 1. The van der Waals surface area contributed by atoms with Crippen LogP contribution in [0.2, 0.25) is 0 Å². The molecule has 1 aromatic rings. The molecule has 4 atom stereocenters. The molecule has 0 radical (unpaired) electrons. The maximum absolute atomic E-state index is 11.8. The normalized spacial score (nSPS) is 35.6. The van der Waals surface area contributed by atoms with E-state index in [1.54, 1.807) is 12.1 Å². The van der Waals surface area contributed by atoms with Crippen LogP contribution in [0, 0.1) is 5.92 Å². The smallest absolute Gasteiger partial charge is 0.220 e. The van der Waals surface area contributed by atoms with E-state index >= 15 is 0 Å². The molecule has 0 spiro atoms. The van der Waals surface area contributed by atoms with Gasteiger partial charge < -0.3 is 21.3 Å². The van der Waals surface area contributed by atoms with Crippen molar-refractivity contribution in [3.63, 3.8) is 0 Å². The third-order valence-corrected chi connectivity index (χ3v) is 6.02. The molecule has 0 aliphatic heterocycles. The highest BCUT2D eigenvalue weighted by molar-refractivity contribution is 5.78. The van der Waals surface area contributed by atoms with Crippen LogP contribution in [0.25, 0.3) is 0 Å². The molecule has 23 heavy (non-hydrogen) atoms. The van der Waals surface area contributed by atoms with Gasteiger partial charge in [0.05, 0.1) is 5.60 Å². The molecule has 5 N–H and O–H groups in total. The van der Waals surface area contributed by atoms with Crippen molar-refractivity contribution < 1.29 is 15.0 Å². The summed E-state index contributed by atoms with van der Waals surface area (Å²) in [5.74, 6) is -0.484. The molecule has 5 heteroatoms. The number of hydrogen-bond acceptors (Lipinski definition) is 4. The highest BCUT2D eigenvalue weighted by Crippen LogP contribution is 2.59. The molecule has 1 fully saturated rings. The average Bonchev–Trinajstić information content (AvgIpc) is 2.82. The summed E-state index contributed by atoms with van der Waals surface area (Å²) in [6.45, 7) is 2.08. The molecule has 0 heterocycles. The number of rotatable bonds is 4. The van der Waals surface area contributed by atoms with Crippen LogP contribution in [0.4, 0.5) is 0 Å². The van der Waals surface area contributed by atoms with Crippen molar-refractivity contribution in [2.24, 2.45) is 11.7 Å². The van der Waals surface area contributed by atoms with Gasteiger partial charge in [-0.15, -0.1) is 0 Å². The first-order valence-corrected chi connectivity index (χ1v) is 8.39. The summed E-state index contributed by atoms with van der Waals surface area (Å²) in [6, 6.07) is 5.26. The number of aromatic hydroxyl groups is 1. The molecule has 1 amide bonds. The molecule has 126 valence electrons. The zero-order valence-corrected chi connectivity index (χ0v) is 13.8. The van der Waals surface area contributed by atoms with Gasteiger partial charge in [-0.1, -0.05) is 19.4 Å². The number of amides is 1. The lowest BCUT2D eigenvalue weighted by atomic mass is 9.58. The lowest BCUT2D eigenvalue weighted by Crippen LogP contribution is -2.63. The fraction of sp³-hybridized carbons (Fsp3) is 0.611. The molecule has 0 bridgehead atoms. The highest BCUT2D eigenvalue weighted by atomic mass is 16.3. The summed E-state index contributed by atoms with van der Waals surface area (Å²) in [5, 5.41) is 24.9. The molecule has 0 aromatic heterocycles. The van der Waals surface area contributed by atoms with Gasteiger partial charge >= 0.3 is 0 Å². The Morgan fingerprint density at radius 3 is 2.78 bits per heavy atom. The predicted molar refractivity (Wildman–Crippen MR) is 88.1 cm³/mol. The van der Waals surface area contributed by atoms with Crippen molar-refractivity contribution in [1.29, 1.82) is 0 Å². The van der Waals surface area contributed by atoms with Crippen LogP contribution >= 0.6 is 0 Å². The Kier molecular flexibility index (Phi) is 3.89. The Balaban J connectivity index is 2.23. The summed E-state index contributed by atoms with van der Waals surface area (Å²) >= 11 is 0. The monoisotopic (exact) mass is 318 g/mol. The number of phenolic OH excluding ortho intramolecular Hbond substituents is 1. The van der Waals surface area contributed by atoms with E-state index in [2.05, 4.69) is 12.2 Å². The summed E-state index contributed by atoms with van der Waals surface area (Å²) in [4.78, 5) is 11.8. The zero-order chi connectivity index (χ0) is 16.8. The Bertz CT molecular complexity index is 633. The van der Waals surface area contributed by atoms with Gasteiger partial charge in [-0.05, 0) is 56.0 Å². The first kappa shape index (κ1) is 16.3. The Labute approximate surface area is 136 Å². The molecular weight excluding hydrogens is 292 g/mol. The number of carbonyl (C=O) groups is 1. The molecule has 3 rings (SSSR count). The fourth-order valence-electron chi connectivity index (χ4n) is 5.06. The van der Waals surface area contributed by atoms with Crippen molar-refractivity contribution in [2.45, 2.75) is 56.1 Å². The zero-order valence-electron chi connectivity index (χ0n) is 13.8. The van der Waals surface area contributed by atoms with E-state index in [4.69, 9.17) is 5.73 Å². The number of benzene rings is 1. The maximum Gasteiger partial charge on any atom is 0.220 e. The average molecular weight is 318 g/mol. The fourth-order valence-corrected chi connectivity index (χ4v) is 5.06. The predicted octanol–water partition coefficient (Wildman–Crippen LogP) is 1.20. The van der Waals surface area contributed by atoms with E-state index in [-0.39, 0.29) is 23.6 Å². The second-order valence-corrected chi connectivity index (χ2v) is 7.15. The van der Waals surface area contributed by atoms with E-state index in [0.29, 0.717) is 19.3 Å². The van der Waals surface area contributed by atoms with E-state index in [1.807, 2.05) is 13.1 Å². The van der Waals surface area contributed by atoms with Crippen LogP contribution in [0.5, 0.6) is 5.75 Å². The minimum absolute atomic E-state index is 0.129. The number of aliphatic hydroxyl groups is 1. The molecule has 2 aliphatic rings. The van der Waals surface area contributed by atoms with E-state index in [1.165, 1.54) is 0 Å². The topological polar surface area (TPSA) is 95.6 Å². The van der Waals surface area contributed by atoms with Gasteiger partial charge in [0.1, 0.15) is 5.75 Å². The molecule has 1 saturated carbocycles. The van der Waals surface area contributed by atoms with Gasteiger partial charge in [-0.3, -0.25) is 4.79 Å². The lowest BCUT2D eigenvalue weighted by Gasteiger charge is -2.52. The van der Waals surface area contributed by atoms with Crippen LogP contribution in [0.1, 0.15) is 43.7 Å². The molecule has 5 nitrogen and oxygen atoms in total. The number of carbonyl (C=O) groups excluding carboxylic acids is 1. The summed E-state index contributed by atoms with van der Waals surface area (Å²) in [6.07, 6.45) is 3.25. The number of primary amides is 1. The van der Waals surface area contributed by atoms with Crippen LogP contribution in [-0.2, 0) is 16.6 Å². The van der Waals surface area contributed by atoms with Crippen molar-refractivity contribution in [3.05, 3.63) is 29.3 Å². The van der Waals surface area contributed by atoms with E-state index in [0.717, 1.165) is 24.0 Å². The van der Waals surface area contributed by atoms with Gasteiger partial charge in [0.15, 0.2) is 0 Å². The maximum atomic E-state index is 11.8. The first-order valence-electron chi connectivity index (χ1n) is 8.39. The van der Waals surface area contributed by atoms with E-state index < -0.39 is 11.0 Å². The van der Waals surface area contributed by atoms with Crippen molar-refractivity contribution in [2.75, 3.05) is 7.05 Å². The van der Waals surface area contributed by atoms with Crippen LogP contribution in [0.15, 0.2) is 18.2 Å². The third kappa shape index (κ3) is 2.17. The van der Waals surface area contributed by atoms with Gasteiger partial charge in [-0.2, -0.15) is 0 Å². The van der Waals surface area contributed by atoms with Crippen molar-refractivity contribution in [1.82, 2.24) is 5.32 Å². The molecule has 2 aliphatic carbocycles. The quantitative estimate of drug-likeness (QED) is 0.671. The van der Waals surface area contributed by atoms with Gasteiger partial charge in [0.25, 0.3) is 0 Å². The largest absolute Gasteiger partial charge is 0.508 e. The third-order valence-electron chi connectivity index (χ3n) is 6.02. The Morgan fingerprint density at radius 1 is 1.43 bits per heavy atom. The number of fused-ring (bicyclic) bond motifs is 3. The minimum atomic E-state index is -1.03. The minimum Gasteiger partial charge on any atom is -0.508 e. The van der Waals surface area contributed by atoms with Crippen LogP contribution < -0.4 is 11.1 Å². The van der Waals surface area contributed by atoms with Gasteiger partial charge in [-0.25, -0.2) is 0 Å². The molecular formula is C18H26N2O3. The molecule has 4 unspecified atom stereocenters. The van der Waals surface area contributed by atoms with E-state index in [9.17, 15) is 15.0 Å². The lowest BCUT2D eigenvalue weighted by molar-refractivity contribution is -0.122. The van der Waals surface area contributed by atoms with Crippen LogP contribution in [0.3, 0.4) is 0 Å². The second-order valence-electron chi connectivity index (χ2n) is 7.15. The Hall–Kier alpha value is -1.59. The SMILES string of the molecule is CCCC12CC(C(N)=O)CC1(O)C(NC)Cc1ccc(O)cc12. The highest BCUT2D eigenvalue weighted by Gasteiger charge is 2.64. The standard InChI is InChI=1S/C18H26N2O3/c1-3-6-17-9-12(16(19)22)10-18(17,23)15(20-2)7-11-4-5-13(21)8-14(11)17/h4-5,8,12,15,20-21,23H,3,6-7,9-10H2,1-2H3,(H2,19,22). The first-order chi connectivity index (χ1) is 10.9. The molecule has 0 saturated heterocycles. The molecule has 1 aromatic carbocycles. The summed E-state index contributed by atoms with van der Waals surface area (Å²) in [5.41, 5.74) is 6.13. The number of hydrogen-bond donors (Lipinski definition) is 4. The Morgan fingerprint density at radius 2 is 2.17 bits per heavy atom. The van der Waals surface area contributed by atoms with Gasteiger partial charge in [0, 0.05) is 17.4 Å². The number of likely N-dealkylation sites (N-methyl/N-ethyl adjacent to an activating group) is 1. The summed E-state index contributed by atoms with van der Waals surface area (Å²) < 4.78 is 0. The summed E-state index contributed by atoms with van der Waals surface area (Å²) in [7, 11) is 1.85. The van der Waals surface area contributed by atoms with Crippen molar-refractivity contribution in [3.8, 4) is 5.75 Å². The number of phenols is 1. The second kappa shape index (κ2) is 5.49. The van der Waals surface area contributed by atoms with Crippen molar-refractivity contribution >= 4 is 5.91 Å².